The molecule has 1 amide bonds. The van der Waals surface area contributed by atoms with Crippen molar-refractivity contribution in [3.05, 3.63) is 54.1 Å². The Labute approximate surface area is 152 Å². The van der Waals surface area contributed by atoms with Gasteiger partial charge in [-0.1, -0.05) is 6.07 Å². The third-order valence-electron chi connectivity index (χ3n) is 3.62. The Bertz CT molecular complexity index is 935. The lowest BCUT2D eigenvalue weighted by atomic mass is 10.1. The van der Waals surface area contributed by atoms with Crippen molar-refractivity contribution >= 4 is 27.7 Å². The number of sulfonamides is 1. The molecule has 0 aromatic heterocycles. The molecule has 8 heteroatoms. The molecule has 2 aromatic rings. The topological polar surface area (TPSA) is 121 Å². The summed E-state index contributed by atoms with van der Waals surface area (Å²) in [4.78, 5) is 14.0. The predicted octanol–water partition coefficient (Wildman–Crippen LogP) is 2.20. The lowest BCUT2D eigenvalue weighted by Gasteiger charge is -2.25. The maximum absolute atomic E-state index is 12.6. The number of carbonyl (C=O) groups excluding carboxylic acids is 1. The maximum Gasteiger partial charge on any atom is 0.251 e. The first kappa shape index (κ1) is 19.5. The van der Waals surface area contributed by atoms with Gasteiger partial charge >= 0.3 is 0 Å². The number of nitrogens with zero attached hydrogens (tertiary/aromatic N) is 1. The smallest absolute Gasteiger partial charge is 0.251 e. The van der Waals surface area contributed by atoms with Gasteiger partial charge in [0.15, 0.2) is 11.5 Å². The number of amides is 1. The van der Waals surface area contributed by atoms with Crippen molar-refractivity contribution in [3.8, 4) is 11.5 Å². The molecule has 0 atom stereocenters. The molecule has 0 unspecified atom stereocenters. The van der Waals surface area contributed by atoms with E-state index in [0.717, 1.165) is 0 Å². The summed E-state index contributed by atoms with van der Waals surface area (Å²) < 4.78 is 22.7. The van der Waals surface area contributed by atoms with Crippen molar-refractivity contribution < 1.29 is 23.4 Å². The number of hydrogen-bond acceptors (Lipinski definition) is 5. The van der Waals surface area contributed by atoms with E-state index in [9.17, 15) is 23.4 Å². The van der Waals surface area contributed by atoms with Crippen LogP contribution in [0.3, 0.4) is 0 Å². The van der Waals surface area contributed by atoms with E-state index in [0.29, 0.717) is 11.3 Å². The molecule has 4 N–H and O–H groups in total. The molecule has 0 aliphatic carbocycles. The second-order valence-electron chi connectivity index (χ2n) is 5.92. The number of phenolic OH excluding ortho intramolecular Hbond substituents is 2. The van der Waals surface area contributed by atoms with Gasteiger partial charge < -0.3 is 15.1 Å². The number of aromatic hydroxyl groups is 2. The molecule has 0 fully saturated rings. The van der Waals surface area contributed by atoms with Gasteiger partial charge in [-0.3, -0.25) is 4.79 Å². The third kappa shape index (κ3) is 4.62. The highest BCUT2D eigenvalue weighted by atomic mass is 32.2. The minimum atomic E-state index is -3.80. The van der Waals surface area contributed by atoms with Crippen molar-refractivity contribution in [2.75, 3.05) is 4.90 Å². The van der Waals surface area contributed by atoms with Gasteiger partial charge in [0, 0.05) is 17.8 Å². The Hall–Kier alpha value is -2.84. The average molecular weight is 376 g/mol. The second-order valence-corrected chi connectivity index (χ2v) is 7.48. The molecular weight excluding hydrogens is 356 g/mol. The molecule has 2 rings (SSSR count). The van der Waals surface area contributed by atoms with Crippen molar-refractivity contribution in [3.63, 3.8) is 0 Å². The number of hydrogen-bond donors (Lipinski definition) is 3. The van der Waals surface area contributed by atoms with Crippen LogP contribution in [0.4, 0.5) is 5.69 Å². The molecule has 0 aliphatic rings. The van der Waals surface area contributed by atoms with Crippen molar-refractivity contribution in [1.82, 2.24) is 0 Å². The van der Waals surface area contributed by atoms with Gasteiger partial charge in [0.2, 0.25) is 10.0 Å². The van der Waals surface area contributed by atoms with E-state index in [4.69, 9.17) is 5.14 Å². The van der Waals surface area contributed by atoms with Crippen LogP contribution in [0.2, 0.25) is 0 Å². The highest BCUT2D eigenvalue weighted by Crippen LogP contribution is 2.26. The van der Waals surface area contributed by atoms with Crippen molar-refractivity contribution in [2.24, 2.45) is 5.14 Å². The lowest BCUT2D eigenvalue weighted by Crippen LogP contribution is -2.35. The summed E-state index contributed by atoms with van der Waals surface area (Å²) in [6.45, 7) is 3.65. The number of rotatable bonds is 5. The number of carbonyl (C=O) groups is 1. The Kier molecular flexibility index (Phi) is 5.69. The van der Waals surface area contributed by atoms with Gasteiger partial charge in [-0.25, -0.2) is 13.6 Å². The van der Waals surface area contributed by atoms with E-state index in [1.165, 1.54) is 53.5 Å². The van der Waals surface area contributed by atoms with E-state index in [2.05, 4.69) is 0 Å². The number of nitrogens with two attached hydrogens (primary N) is 1. The number of benzene rings is 2. The quantitative estimate of drug-likeness (QED) is 0.546. The largest absolute Gasteiger partial charge is 0.504 e. The van der Waals surface area contributed by atoms with Crippen LogP contribution < -0.4 is 10.0 Å². The highest BCUT2D eigenvalue weighted by Gasteiger charge is 2.18. The minimum Gasteiger partial charge on any atom is -0.504 e. The monoisotopic (exact) mass is 376 g/mol. The summed E-state index contributed by atoms with van der Waals surface area (Å²) in [7, 11) is -3.80. The van der Waals surface area contributed by atoms with Gasteiger partial charge in [0.1, 0.15) is 0 Å². The second kappa shape index (κ2) is 7.59. The Morgan fingerprint density at radius 2 is 1.69 bits per heavy atom. The van der Waals surface area contributed by atoms with Crippen LogP contribution in [-0.4, -0.2) is 30.6 Å². The van der Waals surface area contributed by atoms with Crippen LogP contribution in [0, 0.1) is 0 Å². The zero-order valence-electron chi connectivity index (χ0n) is 14.3. The van der Waals surface area contributed by atoms with Gasteiger partial charge in [0.05, 0.1) is 4.90 Å². The molecule has 0 saturated carbocycles. The van der Waals surface area contributed by atoms with Gasteiger partial charge in [0.25, 0.3) is 5.91 Å². The normalized spacial score (nSPS) is 11.8. The number of anilines is 1. The summed E-state index contributed by atoms with van der Waals surface area (Å²) >= 11 is 0. The molecule has 26 heavy (non-hydrogen) atoms. The van der Waals surface area contributed by atoms with E-state index in [1.54, 1.807) is 6.07 Å². The molecule has 7 nitrogen and oxygen atoms in total. The highest BCUT2D eigenvalue weighted by molar-refractivity contribution is 7.89. The zero-order valence-corrected chi connectivity index (χ0v) is 15.1. The molecule has 0 aliphatic heterocycles. The first-order chi connectivity index (χ1) is 12.1. The van der Waals surface area contributed by atoms with Crippen LogP contribution in [-0.2, 0) is 14.8 Å². The van der Waals surface area contributed by atoms with Crippen LogP contribution in [0.5, 0.6) is 11.5 Å². The maximum atomic E-state index is 12.6. The number of phenols is 2. The molecule has 0 saturated heterocycles. The molecular formula is C18H20N2O5S. The Morgan fingerprint density at radius 1 is 1.08 bits per heavy atom. The first-order valence-electron chi connectivity index (χ1n) is 7.75. The molecule has 138 valence electrons. The fraction of sp³-hybridized carbons (Fsp3) is 0.167. The van der Waals surface area contributed by atoms with Crippen LogP contribution in [0.25, 0.3) is 6.08 Å². The van der Waals surface area contributed by atoms with Gasteiger partial charge in [-0.15, -0.1) is 0 Å². The molecule has 0 bridgehead atoms. The van der Waals surface area contributed by atoms with E-state index in [-0.39, 0.29) is 28.3 Å². The SMILES string of the molecule is CC(C)N(C(=O)C=Cc1ccc(O)c(O)c1)c1ccc(S(N)(=O)=O)cc1. The van der Waals surface area contributed by atoms with Crippen LogP contribution in [0.1, 0.15) is 19.4 Å². The molecule has 0 radical (unpaired) electrons. The van der Waals surface area contributed by atoms with Crippen molar-refractivity contribution in [1.29, 1.82) is 0 Å². The summed E-state index contributed by atoms with van der Waals surface area (Å²) in [5.74, 6) is -0.845. The van der Waals surface area contributed by atoms with E-state index in [1.807, 2.05) is 13.8 Å². The predicted molar refractivity (Wildman–Crippen MR) is 99.2 cm³/mol. The summed E-state index contributed by atoms with van der Waals surface area (Å²) in [6, 6.07) is 9.74. The van der Waals surface area contributed by atoms with Crippen LogP contribution >= 0.6 is 0 Å². The van der Waals surface area contributed by atoms with E-state index >= 15 is 0 Å². The van der Waals surface area contributed by atoms with Gasteiger partial charge in [-0.2, -0.15) is 0 Å². The fourth-order valence-electron chi connectivity index (χ4n) is 2.37. The Morgan fingerprint density at radius 3 is 2.19 bits per heavy atom. The average Bonchev–Trinajstić information content (AvgIpc) is 2.55. The minimum absolute atomic E-state index is 0.0347. The summed E-state index contributed by atoms with van der Waals surface area (Å²) in [6.07, 6.45) is 2.84. The first-order valence-corrected chi connectivity index (χ1v) is 9.30. The zero-order chi connectivity index (χ0) is 19.5. The standard InChI is InChI=1S/C18H20N2O5S/c1-12(2)20(14-5-7-15(8-6-14)26(19,24)25)18(23)10-4-13-3-9-16(21)17(22)11-13/h3-12,21-22H,1-2H3,(H2,19,24,25). The van der Waals surface area contributed by atoms with Crippen molar-refractivity contribution in [2.45, 2.75) is 24.8 Å². The fourth-order valence-corrected chi connectivity index (χ4v) is 2.88. The summed E-state index contributed by atoms with van der Waals surface area (Å²) in [5, 5.41) is 23.9. The molecule has 2 aromatic carbocycles. The molecule has 0 spiro atoms. The number of primary sulfonamides is 1. The van der Waals surface area contributed by atoms with Gasteiger partial charge in [-0.05, 0) is 61.9 Å². The summed E-state index contributed by atoms with van der Waals surface area (Å²) in [5.41, 5.74) is 1.07. The lowest BCUT2D eigenvalue weighted by molar-refractivity contribution is -0.114. The third-order valence-corrected chi connectivity index (χ3v) is 4.54. The van der Waals surface area contributed by atoms with E-state index < -0.39 is 10.0 Å². The van der Waals surface area contributed by atoms with Crippen LogP contribution in [0.15, 0.2) is 53.4 Å². The molecule has 0 heterocycles. The Balaban J connectivity index is 2.27.